The third-order valence-corrected chi connectivity index (χ3v) is 8.89. The number of nitrogens with zero attached hydrogens (tertiary/aromatic N) is 4. The van der Waals surface area contributed by atoms with Gasteiger partial charge in [0.2, 0.25) is 11.9 Å². The SMILES string of the molecule is Cc1nc(N2CCC(N3CC4CCCCC4CC3=O)C2)nc2ccc(-c3cccc4c3OCCO4)cc12. The van der Waals surface area contributed by atoms with Crippen molar-refractivity contribution in [1.29, 1.82) is 0 Å². The van der Waals surface area contributed by atoms with Crippen LogP contribution in [0.15, 0.2) is 36.4 Å². The van der Waals surface area contributed by atoms with Crippen molar-refractivity contribution < 1.29 is 14.3 Å². The first kappa shape index (κ1) is 22.8. The summed E-state index contributed by atoms with van der Waals surface area (Å²) in [5.74, 6) is 4.04. The Bertz CT molecular complexity index is 1360. The van der Waals surface area contributed by atoms with Crippen LogP contribution in [-0.2, 0) is 4.79 Å². The van der Waals surface area contributed by atoms with E-state index in [9.17, 15) is 4.79 Å². The van der Waals surface area contributed by atoms with Gasteiger partial charge in [0.15, 0.2) is 11.5 Å². The van der Waals surface area contributed by atoms with Gasteiger partial charge >= 0.3 is 0 Å². The third kappa shape index (κ3) is 4.09. The van der Waals surface area contributed by atoms with Gasteiger partial charge in [0.25, 0.3) is 0 Å². The predicted molar refractivity (Wildman–Crippen MR) is 143 cm³/mol. The molecule has 1 amide bonds. The van der Waals surface area contributed by atoms with E-state index in [2.05, 4.69) is 41.0 Å². The van der Waals surface area contributed by atoms with Gasteiger partial charge < -0.3 is 19.3 Å². The highest BCUT2D eigenvalue weighted by molar-refractivity contribution is 5.88. The standard InChI is InChI=1S/C30H34N4O3/c1-19-25-15-21(24-7-4-8-27-29(24)37-14-13-36-27)9-10-26(25)32-30(31-19)33-12-11-23(18-33)34-17-22-6-3-2-5-20(22)16-28(34)35/h4,7-10,15,20,22-23H,2-3,5-6,11-14,16-18H2,1H3. The van der Waals surface area contributed by atoms with E-state index in [-0.39, 0.29) is 6.04 Å². The van der Waals surface area contributed by atoms with Crippen molar-refractivity contribution >= 4 is 22.8 Å². The number of piperidine rings is 1. The van der Waals surface area contributed by atoms with E-state index < -0.39 is 0 Å². The molecule has 3 unspecified atom stereocenters. The van der Waals surface area contributed by atoms with Gasteiger partial charge in [-0.05, 0) is 61.8 Å². The first-order chi connectivity index (χ1) is 18.1. The zero-order chi connectivity index (χ0) is 24.9. The highest BCUT2D eigenvalue weighted by atomic mass is 16.6. The molecule has 3 aromatic rings. The number of ether oxygens (including phenoxy) is 2. The Labute approximate surface area is 217 Å². The maximum atomic E-state index is 13.0. The van der Waals surface area contributed by atoms with E-state index in [1.54, 1.807) is 0 Å². The van der Waals surface area contributed by atoms with Gasteiger partial charge in [0, 0.05) is 37.0 Å². The molecule has 7 heteroatoms. The lowest BCUT2D eigenvalue weighted by atomic mass is 9.74. The summed E-state index contributed by atoms with van der Waals surface area (Å²) in [6.07, 6.45) is 6.87. The Morgan fingerprint density at radius 2 is 1.81 bits per heavy atom. The van der Waals surface area contributed by atoms with Gasteiger partial charge in [0.1, 0.15) is 13.2 Å². The molecule has 7 nitrogen and oxygen atoms in total. The molecule has 3 fully saturated rings. The number of amides is 1. The Morgan fingerprint density at radius 3 is 2.73 bits per heavy atom. The van der Waals surface area contributed by atoms with Crippen molar-refractivity contribution in [3.8, 4) is 22.6 Å². The third-order valence-electron chi connectivity index (χ3n) is 8.89. The van der Waals surface area contributed by atoms with Gasteiger partial charge in [-0.2, -0.15) is 0 Å². The number of carbonyl (C=O) groups excluding carboxylic acids is 1. The number of anilines is 1. The minimum atomic E-state index is 0.267. The van der Waals surface area contributed by atoms with Gasteiger partial charge in [-0.1, -0.05) is 31.0 Å². The van der Waals surface area contributed by atoms with E-state index in [0.29, 0.717) is 31.0 Å². The van der Waals surface area contributed by atoms with Crippen molar-refractivity contribution in [2.24, 2.45) is 11.8 Å². The second kappa shape index (κ2) is 9.19. The summed E-state index contributed by atoms with van der Waals surface area (Å²) in [6, 6.07) is 12.6. The second-order valence-electron chi connectivity index (χ2n) is 11.1. The number of likely N-dealkylation sites (tertiary alicyclic amines) is 1. The smallest absolute Gasteiger partial charge is 0.226 e. The van der Waals surface area contributed by atoms with E-state index in [4.69, 9.17) is 19.4 Å². The molecular weight excluding hydrogens is 464 g/mol. The molecule has 4 heterocycles. The summed E-state index contributed by atoms with van der Waals surface area (Å²) in [7, 11) is 0. The van der Waals surface area contributed by atoms with Crippen molar-refractivity contribution in [1.82, 2.24) is 14.9 Å². The molecule has 1 saturated carbocycles. The number of rotatable bonds is 3. The average Bonchev–Trinajstić information content (AvgIpc) is 3.42. The van der Waals surface area contributed by atoms with Crippen LogP contribution in [-0.4, -0.2) is 59.7 Å². The predicted octanol–water partition coefficient (Wildman–Crippen LogP) is 4.99. The number of para-hydroxylation sites is 1. The molecule has 3 atom stereocenters. The van der Waals surface area contributed by atoms with E-state index in [1.165, 1.54) is 25.7 Å². The van der Waals surface area contributed by atoms with Crippen LogP contribution < -0.4 is 14.4 Å². The van der Waals surface area contributed by atoms with Crippen molar-refractivity contribution in [3.63, 3.8) is 0 Å². The molecule has 0 N–H and O–H groups in total. The fourth-order valence-corrected chi connectivity index (χ4v) is 6.90. The molecule has 37 heavy (non-hydrogen) atoms. The van der Waals surface area contributed by atoms with E-state index >= 15 is 0 Å². The number of aryl methyl sites for hydroxylation is 1. The van der Waals surface area contributed by atoms with Crippen molar-refractivity contribution in [2.45, 2.75) is 51.5 Å². The Morgan fingerprint density at radius 1 is 0.946 bits per heavy atom. The van der Waals surface area contributed by atoms with Crippen LogP contribution in [0.4, 0.5) is 5.95 Å². The molecule has 4 aliphatic rings. The lowest BCUT2D eigenvalue weighted by molar-refractivity contribution is -0.140. The van der Waals surface area contributed by atoms with E-state index in [1.807, 2.05) is 12.1 Å². The molecule has 0 spiro atoms. The summed E-state index contributed by atoms with van der Waals surface area (Å²) in [6.45, 7) is 5.85. The molecule has 192 valence electrons. The topological polar surface area (TPSA) is 67.8 Å². The monoisotopic (exact) mass is 498 g/mol. The zero-order valence-corrected chi connectivity index (χ0v) is 21.5. The zero-order valence-electron chi connectivity index (χ0n) is 21.5. The number of hydrogen-bond acceptors (Lipinski definition) is 6. The van der Waals surface area contributed by atoms with Crippen molar-refractivity contribution in [2.75, 3.05) is 37.7 Å². The highest BCUT2D eigenvalue weighted by Crippen LogP contribution is 2.41. The minimum absolute atomic E-state index is 0.267. The van der Waals surface area contributed by atoms with Gasteiger partial charge in [-0.15, -0.1) is 0 Å². The van der Waals surface area contributed by atoms with Crippen LogP contribution in [0, 0.1) is 18.8 Å². The largest absolute Gasteiger partial charge is 0.486 e. The van der Waals surface area contributed by atoms with Gasteiger partial charge in [-0.3, -0.25) is 4.79 Å². The highest BCUT2D eigenvalue weighted by Gasteiger charge is 2.40. The number of hydrogen-bond donors (Lipinski definition) is 0. The number of carbonyl (C=O) groups is 1. The molecule has 0 radical (unpaired) electrons. The Hall–Kier alpha value is -3.35. The number of aromatic nitrogens is 2. The van der Waals surface area contributed by atoms with Crippen LogP contribution in [0.2, 0.25) is 0 Å². The fourth-order valence-electron chi connectivity index (χ4n) is 6.90. The summed E-state index contributed by atoms with van der Waals surface area (Å²) in [5, 5.41) is 1.04. The van der Waals surface area contributed by atoms with Crippen LogP contribution in [0.5, 0.6) is 11.5 Å². The number of benzene rings is 2. The summed E-state index contributed by atoms with van der Waals surface area (Å²) < 4.78 is 11.7. The van der Waals surface area contributed by atoms with Crippen LogP contribution >= 0.6 is 0 Å². The Kier molecular flexibility index (Phi) is 5.67. The molecule has 2 aromatic carbocycles. The van der Waals surface area contributed by atoms with Crippen LogP contribution in [0.25, 0.3) is 22.0 Å². The molecule has 1 aromatic heterocycles. The average molecular weight is 499 g/mol. The van der Waals surface area contributed by atoms with Gasteiger partial charge in [-0.25, -0.2) is 9.97 Å². The fraction of sp³-hybridized carbons (Fsp3) is 0.500. The van der Waals surface area contributed by atoms with Crippen molar-refractivity contribution in [3.05, 3.63) is 42.1 Å². The minimum Gasteiger partial charge on any atom is -0.486 e. The maximum Gasteiger partial charge on any atom is 0.226 e. The molecule has 2 saturated heterocycles. The molecule has 0 bridgehead atoms. The molecule has 7 rings (SSSR count). The first-order valence-corrected chi connectivity index (χ1v) is 13.9. The lowest BCUT2D eigenvalue weighted by Gasteiger charge is -2.43. The summed E-state index contributed by atoms with van der Waals surface area (Å²) in [5.41, 5.74) is 4.00. The molecule has 3 aliphatic heterocycles. The first-order valence-electron chi connectivity index (χ1n) is 13.9. The quantitative estimate of drug-likeness (QED) is 0.507. The van der Waals surface area contributed by atoms with Gasteiger partial charge in [0.05, 0.1) is 17.3 Å². The van der Waals surface area contributed by atoms with Crippen LogP contribution in [0.3, 0.4) is 0 Å². The maximum absolute atomic E-state index is 13.0. The number of fused-ring (bicyclic) bond motifs is 3. The molecular formula is C30H34N4O3. The second-order valence-corrected chi connectivity index (χ2v) is 11.1. The normalized spacial score (nSPS) is 25.4. The van der Waals surface area contributed by atoms with Crippen LogP contribution in [0.1, 0.15) is 44.2 Å². The summed E-state index contributed by atoms with van der Waals surface area (Å²) in [4.78, 5) is 27.4. The Balaban J connectivity index is 1.12. The summed E-state index contributed by atoms with van der Waals surface area (Å²) >= 11 is 0. The van der Waals surface area contributed by atoms with E-state index in [0.717, 1.165) is 77.6 Å². The molecule has 1 aliphatic carbocycles. The lowest BCUT2D eigenvalue weighted by Crippen LogP contribution is -2.51.